The molecule has 0 unspecified atom stereocenters. The molecule has 5 nitrogen and oxygen atoms in total. The normalized spacial score (nSPS) is 16.7. The summed E-state index contributed by atoms with van der Waals surface area (Å²) in [4.78, 5) is 1.88. The van der Waals surface area contributed by atoms with Gasteiger partial charge in [0.2, 0.25) is 0 Å². The lowest BCUT2D eigenvalue weighted by Gasteiger charge is -2.29. The van der Waals surface area contributed by atoms with Crippen LogP contribution in [0.3, 0.4) is 0 Å². The molecule has 0 aromatic carbocycles. The molecule has 114 valence electrons. The SMILES string of the molecule is CCc1nnc(N(C)CC2(O)CCCC2)c(C#N)c1CC. The van der Waals surface area contributed by atoms with Gasteiger partial charge < -0.3 is 10.0 Å². The van der Waals surface area contributed by atoms with E-state index in [1.54, 1.807) is 0 Å². The Bertz CT molecular complexity index is 544. The van der Waals surface area contributed by atoms with Gasteiger partial charge in [-0.05, 0) is 31.2 Å². The van der Waals surface area contributed by atoms with E-state index in [0.717, 1.165) is 49.8 Å². The van der Waals surface area contributed by atoms with Crippen molar-refractivity contribution in [2.75, 3.05) is 18.5 Å². The second-order valence-electron chi connectivity index (χ2n) is 5.93. The van der Waals surface area contributed by atoms with Crippen molar-refractivity contribution in [2.24, 2.45) is 0 Å². The minimum Gasteiger partial charge on any atom is -0.388 e. The fourth-order valence-corrected chi connectivity index (χ4v) is 3.25. The maximum atomic E-state index is 10.5. The van der Waals surface area contributed by atoms with E-state index in [0.29, 0.717) is 17.9 Å². The molecule has 0 radical (unpaired) electrons. The lowest BCUT2D eigenvalue weighted by atomic mass is 10.0. The number of aliphatic hydroxyl groups is 1. The third-order valence-electron chi connectivity index (χ3n) is 4.37. The number of hydrogen-bond acceptors (Lipinski definition) is 5. The zero-order chi connectivity index (χ0) is 15.5. The van der Waals surface area contributed by atoms with Crippen molar-refractivity contribution in [1.29, 1.82) is 5.26 Å². The Hall–Kier alpha value is -1.67. The fraction of sp³-hybridized carbons (Fsp3) is 0.688. The number of anilines is 1. The van der Waals surface area contributed by atoms with Crippen LogP contribution in [0.25, 0.3) is 0 Å². The second kappa shape index (κ2) is 6.40. The van der Waals surface area contributed by atoms with Crippen LogP contribution in [0.2, 0.25) is 0 Å². The molecule has 0 aliphatic heterocycles. The van der Waals surface area contributed by atoms with E-state index in [4.69, 9.17) is 0 Å². The third kappa shape index (κ3) is 3.16. The molecule has 1 aromatic rings. The number of aromatic nitrogens is 2. The average Bonchev–Trinajstić information content (AvgIpc) is 2.91. The van der Waals surface area contributed by atoms with Gasteiger partial charge in [0.1, 0.15) is 11.6 Å². The minimum atomic E-state index is -0.654. The van der Waals surface area contributed by atoms with Crippen molar-refractivity contribution >= 4 is 5.82 Å². The molecule has 0 bridgehead atoms. The van der Waals surface area contributed by atoms with E-state index < -0.39 is 5.60 Å². The maximum absolute atomic E-state index is 10.5. The standard InChI is InChI=1S/C16H24N4O/c1-4-12-13(10-17)15(19-18-14(12)5-2)20(3)11-16(21)8-6-7-9-16/h21H,4-9,11H2,1-3H3. The van der Waals surface area contributed by atoms with Crippen molar-refractivity contribution in [2.45, 2.75) is 58.0 Å². The van der Waals surface area contributed by atoms with E-state index in [2.05, 4.69) is 16.3 Å². The van der Waals surface area contributed by atoms with Crippen LogP contribution in [0.15, 0.2) is 0 Å². The van der Waals surface area contributed by atoms with Gasteiger partial charge in [0.25, 0.3) is 0 Å². The molecule has 1 fully saturated rings. The summed E-state index contributed by atoms with van der Waals surface area (Å²) in [6, 6.07) is 2.28. The summed E-state index contributed by atoms with van der Waals surface area (Å²) >= 11 is 0. The van der Waals surface area contributed by atoms with E-state index in [1.807, 2.05) is 25.8 Å². The molecule has 1 aliphatic carbocycles. The van der Waals surface area contributed by atoms with Gasteiger partial charge in [-0.2, -0.15) is 10.4 Å². The molecular formula is C16H24N4O. The highest BCUT2D eigenvalue weighted by molar-refractivity contribution is 5.58. The Balaban J connectivity index is 2.32. The van der Waals surface area contributed by atoms with Crippen molar-refractivity contribution in [1.82, 2.24) is 10.2 Å². The molecule has 1 saturated carbocycles. The van der Waals surface area contributed by atoms with Crippen molar-refractivity contribution in [3.63, 3.8) is 0 Å². The smallest absolute Gasteiger partial charge is 0.169 e. The summed E-state index contributed by atoms with van der Waals surface area (Å²) in [7, 11) is 1.88. The first-order valence-electron chi connectivity index (χ1n) is 7.76. The predicted molar refractivity (Wildman–Crippen MR) is 82.2 cm³/mol. The number of hydrogen-bond donors (Lipinski definition) is 1. The fourth-order valence-electron chi connectivity index (χ4n) is 3.25. The molecule has 1 N–H and O–H groups in total. The molecule has 1 heterocycles. The molecule has 5 heteroatoms. The highest BCUT2D eigenvalue weighted by atomic mass is 16.3. The zero-order valence-corrected chi connectivity index (χ0v) is 13.2. The van der Waals surface area contributed by atoms with Crippen LogP contribution in [0.4, 0.5) is 5.82 Å². The summed E-state index contributed by atoms with van der Waals surface area (Å²) in [5.41, 5.74) is 1.83. The first-order valence-corrected chi connectivity index (χ1v) is 7.76. The summed E-state index contributed by atoms with van der Waals surface area (Å²) in [6.45, 7) is 4.56. The van der Waals surface area contributed by atoms with Gasteiger partial charge in [-0.3, -0.25) is 0 Å². The molecule has 0 spiro atoms. The van der Waals surface area contributed by atoms with Crippen LogP contribution in [-0.4, -0.2) is 34.5 Å². The van der Waals surface area contributed by atoms with Gasteiger partial charge in [-0.1, -0.05) is 26.7 Å². The Morgan fingerprint density at radius 3 is 2.43 bits per heavy atom. The Labute approximate surface area is 126 Å². The first-order chi connectivity index (χ1) is 10.0. The Morgan fingerprint density at radius 2 is 1.90 bits per heavy atom. The molecule has 0 amide bonds. The number of aryl methyl sites for hydroxylation is 1. The van der Waals surface area contributed by atoms with Crippen molar-refractivity contribution in [3.8, 4) is 6.07 Å². The molecule has 2 rings (SSSR count). The van der Waals surface area contributed by atoms with E-state index in [9.17, 15) is 10.4 Å². The van der Waals surface area contributed by atoms with Gasteiger partial charge in [0.05, 0.1) is 11.3 Å². The largest absolute Gasteiger partial charge is 0.388 e. The van der Waals surface area contributed by atoms with Crippen LogP contribution in [0.5, 0.6) is 0 Å². The van der Waals surface area contributed by atoms with Gasteiger partial charge in [0.15, 0.2) is 5.82 Å². The Morgan fingerprint density at radius 1 is 1.24 bits per heavy atom. The minimum absolute atomic E-state index is 0.505. The van der Waals surface area contributed by atoms with Crippen molar-refractivity contribution in [3.05, 3.63) is 16.8 Å². The lowest BCUT2D eigenvalue weighted by Crippen LogP contribution is -2.40. The van der Waals surface area contributed by atoms with Gasteiger partial charge >= 0.3 is 0 Å². The molecule has 21 heavy (non-hydrogen) atoms. The maximum Gasteiger partial charge on any atom is 0.169 e. The number of rotatable bonds is 5. The summed E-state index contributed by atoms with van der Waals surface area (Å²) < 4.78 is 0. The topological polar surface area (TPSA) is 73.0 Å². The highest BCUT2D eigenvalue weighted by Gasteiger charge is 2.33. The predicted octanol–water partition coefficient (Wildman–Crippen LogP) is 2.21. The molecule has 0 atom stereocenters. The van der Waals surface area contributed by atoms with Gasteiger partial charge in [0, 0.05) is 13.6 Å². The molecule has 1 aromatic heterocycles. The van der Waals surface area contributed by atoms with Crippen LogP contribution in [0.1, 0.15) is 56.4 Å². The molecule has 0 saturated heterocycles. The van der Waals surface area contributed by atoms with E-state index in [1.165, 1.54) is 0 Å². The number of nitriles is 1. The Kier molecular flexibility index (Phi) is 4.79. The first kappa shape index (κ1) is 15.7. The average molecular weight is 288 g/mol. The third-order valence-corrected chi connectivity index (χ3v) is 4.37. The van der Waals surface area contributed by atoms with Crippen LogP contribution >= 0.6 is 0 Å². The van der Waals surface area contributed by atoms with E-state index >= 15 is 0 Å². The highest BCUT2D eigenvalue weighted by Crippen LogP contribution is 2.32. The summed E-state index contributed by atoms with van der Waals surface area (Å²) in [6.07, 6.45) is 5.32. The zero-order valence-electron chi connectivity index (χ0n) is 13.2. The molecule has 1 aliphatic rings. The number of nitrogens with zero attached hydrogens (tertiary/aromatic N) is 4. The second-order valence-corrected chi connectivity index (χ2v) is 5.93. The van der Waals surface area contributed by atoms with Crippen LogP contribution in [-0.2, 0) is 12.8 Å². The number of likely N-dealkylation sites (N-methyl/N-ethyl adjacent to an activating group) is 1. The van der Waals surface area contributed by atoms with Crippen LogP contribution < -0.4 is 4.90 Å². The lowest BCUT2D eigenvalue weighted by molar-refractivity contribution is 0.0557. The van der Waals surface area contributed by atoms with Gasteiger partial charge in [-0.25, -0.2) is 0 Å². The quantitative estimate of drug-likeness (QED) is 0.899. The summed E-state index contributed by atoms with van der Waals surface area (Å²) in [5.74, 6) is 0.590. The van der Waals surface area contributed by atoms with Gasteiger partial charge in [-0.15, -0.1) is 5.10 Å². The van der Waals surface area contributed by atoms with Crippen LogP contribution in [0, 0.1) is 11.3 Å². The molecular weight excluding hydrogens is 264 g/mol. The monoisotopic (exact) mass is 288 g/mol. The summed E-state index contributed by atoms with van der Waals surface area (Å²) in [5, 5.41) is 28.6. The van der Waals surface area contributed by atoms with Crippen molar-refractivity contribution < 1.29 is 5.11 Å². The van der Waals surface area contributed by atoms with E-state index in [-0.39, 0.29) is 0 Å².